The summed E-state index contributed by atoms with van der Waals surface area (Å²) in [4.78, 5) is 35.4. The van der Waals surface area contributed by atoms with Gasteiger partial charge in [0.1, 0.15) is 0 Å². The molecule has 0 spiro atoms. The first kappa shape index (κ1) is 24.1. The third-order valence-electron chi connectivity index (χ3n) is 4.66. The second-order valence-corrected chi connectivity index (χ2v) is 6.92. The van der Waals surface area contributed by atoms with E-state index in [9.17, 15) is 32.7 Å². The molecule has 0 heterocycles. The maximum absolute atomic E-state index is 13.6. The van der Waals surface area contributed by atoms with Gasteiger partial charge in [0.25, 0.3) is 5.91 Å². The van der Waals surface area contributed by atoms with Gasteiger partial charge in [-0.05, 0) is 47.5 Å². The number of benzene rings is 3. The predicted molar refractivity (Wildman–Crippen MR) is 121 cm³/mol. The molecule has 0 radical (unpaired) electrons. The molecule has 0 aromatic heterocycles. The highest BCUT2D eigenvalue weighted by Gasteiger charge is 2.42. The third-order valence-corrected chi connectivity index (χ3v) is 4.66. The monoisotopic (exact) mass is 472 g/mol. The van der Waals surface area contributed by atoms with E-state index in [0.717, 1.165) is 12.1 Å². The van der Waals surface area contributed by atoms with Crippen LogP contribution in [0.1, 0.15) is 10.4 Å². The Kier molecular flexibility index (Phi) is 7.05. The summed E-state index contributed by atoms with van der Waals surface area (Å²) < 4.78 is 40.8. The fraction of sp³-hybridized carbons (Fsp3) is 0.0870. The van der Waals surface area contributed by atoms with Crippen LogP contribution in [0.2, 0.25) is 0 Å². The molecule has 3 aromatic rings. The highest BCUT2D eigenvalue weighted by atomic mass is 19.4. The van der Waals surface area contributed by atoms with Crippen LogP contribution in [0.4, 0.5) is 39.8 Å². The van der Waals surface area contributed by atoms with E-state index in [-0.39, 0.29) is 17.3 Å². The molecule has 0 aliphatic rings. The van der Waals surface area contributed by atoms with E-state index in [1.165, 1.54) is 43.4 Å². The number of halogens is 3. The Morgan fingerprint density at radius 1 is 0.824 bits per heavy atom. The maximum Gasteiger partial charge on any atom is 0.493 e. The molecule has 0 fully saturated rings. The molecule has 0 bridgehead atoms. The molecule has 34 heavy (non-hydrogen) atoms. The molecule has 4 N–H and O–H groups in total. The fourth-order valence-electron chi connectivity index (χ4n) is 3.16. The molecule has 0 unspecified atom stereocenters. The van der Waals surface area contributed by atoms with E-state index in [2.05, 4.69) is 16.0 Å². The van der Waals surface area contributed by atoms with Gasteiger partial charge in [0.15, 0.2) is 0 Å². The summed E-state index contributed by atoms with van der Waals surface area (Å²) in [7, 11) is 1.47. The fourth-order valence-corrected chi connectivity index (χ4v) is 3.16. The Morgan fingerprint density at radius 3 is 2.12 bits per heavy atom. The first-order chi connectivity index (χ1) is 16.1. The summed E-state index contributed by atoms with van der Waals surface area (Å²) in [5.41, 5.74) is 0.608. The highest BCUT2D eigenvalue weighted by molar-refractivity contribution is 6.05. The van der Waals surface area contributed by atoms with Gasteiger partial charge in [-0.1, -0.05) is 36.4 Å². The standard InChI is InChI=1S/C23H19F3N4O4/c1-27-20(31)16-7-5-6-14(12-16)15-10-11-18(19(13-15)29-22(33)34)28-21(32)30(23(24,25)26)17-8-3-2-4-9-17/h2-13,29H,1H3,(H,27,31)(H,28,32)(H,33,34). The number of anilines is 3. The number of rotatable bonds is 5. The average molecular weight is 472 g/mol. The second-order valence-electron chi connectivity index (χ2n) is 6.92. The van der Waals surface area contributed by atoms with E-state index in [0.29, 0.717) is 16.7 Å². The van der Waals surface area contributed by atoms with Crippen molar-refractivity contribution >= 4 is 35.1 Å². The van der Waals surface area contributed by atoms with Crippen LogP contribution in [-0.4, -0.2) is 36.5 Å². The number of hydrogen-bond donors (Lipinski definition) is 4. The van der Waals surface area contributed by atoms with E-state index in [1.54, 1.807) is 24.3 Å². The quantitative estimate of drug-likeness (QED) is 0.375. The van der Waals surface area contributed by atoms with E-state index >= 15 is 0 Å². The highest BCUT2D eigenvalue weighted by Crippen LogP contribution is 2.33. The second kappa shape index (κ2) is 9.94. The molecule has 0 atom stereocenters. The average Bonchev–Trinajstić information content (AvgIpc) is 2.79. The molecular weight excluding hydrogens is 453 g/mol. The van der Waals surface area contributed by atoms with Crippen molar-refractivity contribution in [3.05, 3.63) is 78.4 Å². The third kappa shape index (κ3) is 5.63. The van der Waals surface area contributed by atoms with Crippen LogP contribution in [0.15, 0.2) is 72.8 Å². The molecule has 176 valence electrons. The van der Waals surface area contributed by atoms with Gasteiger partial charge >= 0.3 is 18.4 Å². The molecule has 0 aliphatic heterocycles. The smallest absolute Gasteiger partial charge is 0.465 e. The van der Waals surface area contributed by atoms with Crippen molar-refractivity contribution in [1.29, 1.82) is 0 Å². The number of alkyl halides is 3. The Hall–Kier alpha value is -4.54. The molecule has 0 aliphatic carbocycles. The molecule has 3 aromatic carbocycles. The number of nitrogens with one attached hydrogen (secondary N) is 3. The number of hydrogen-bond acceptors (Lipinski definition) is 3. The largest absolute Gasteiger partial charge is 0.493 e. The summed E-state index contributed by atoms with van der Waals surface area (Å²) in [6.07, 6.45) is -6.52. The molecule has 0 saturated heterocycles. The predicted octanol–water partition coefficient (Wildman–Crippen LogP) is 5.36. The summed E-state index contributed by atoms with van der Waals surface area (Å²) in [5.74, 6) is -0.331. The number of nitrogens with zero attached hydrogens (tertiary/aromatic N) is 1. The van der Waals surface area contributed by atoms with Gasteiger partial charge in [-0.2, -0.15) is 0 Å². The minimum Gasteiger partial charge on any atom is -0.465 e. The zero-order valence-corrected chi connectivity index (χ0v) is 17.7. The first-order valence-electron chi connectivity index (χ1n) is 9.79. The van der Waals surface area contributed by atoms with Crippen molar-refractivity contribution in [2.45, 2.75) is 6.30 Å². The molecular formula is C23H19F3N4O4. The van der Waals surface area contributed by atoms with Crippen LogP contribution in [0, 0.1) is 0 Å². The topological polar surface area (TPSA) is 111 Å². The molecule has 3 rings (SSSR count). The minimum atomic E-state index is -5.04. The summed E-state index contributed by atoms with van der Waals surface area (Å²) >= 11 is 0. The van der Waals surface area contributed by atoms with Crippen molar-refractivity contribution in [2.75, 3.05) is 22.6 Å². The van der Waals surface area contributed by atoms with Crippen molar-refractivity contribution in [1.82, 2.24) is 5.32 Å². The number of carbonyl (C=O) groups excluding carboxylic acids is 2. The van der Waals surface area contributed by atoms with Gasteiger partial charge < -0.3 is 15.7 Å². The summed E-state index contributed by atoms with van der Waals surface area (Å²) in [5, 5.41) is 15.9. The van der Waals surface area contributed by atoms with E-state index in [4.69, 9.17) is 0 Å². The van der Waals surface area contributed by atoms with E-state index < -0.39 is 29.0 Å². The molecule has 8 nitrogen and oxygen atoms in total. The number of carboxylic acid groups (broad SMARTS) is 1. The van der Waals surface area contributed by atoms with Crippen molar-refractivity contribution in [3.8, 4) is 11.1 Å². The number of carbonyl (C=O) groups is 3. The zero-order chi connectivity index (χ0) is 24.9. The lowest BCUT2D eigenvalue weighted by Crippen LogP contribution is -2.45. The number of urea groups is 1. The normalized spacial score (nSPS) is 10.8. The lowest BCUT2D eigenvalue weighted by Gasteiger charge is -2.25. The van der Waals surface area contributed by atoms with Crippen molar-refractivity contribution in [3.63, 3.8) is 0 Å². The Balaban J connectivity index is 1.98. The Bertz CT molecular complexity index is 1220. The Labute approximate surface area is 192 Å². The van der Waals surface area contributed by atoms with Gasteiger partial charge in [0, 0.05) is 12.6 Å². The lowest BCUT2D eigenvalue weighted by molar-refractivity contribution is -0.120. The van der Waals surface area contributed by atoms with Gasteiger partial charge in [0.2, 0.25) is 0 Å². The Morgan fingerprint density at radius 2 is 1.50 bits per heavy atom. The van der Waals surface area contributed by atoms with Gasteiger partial charge in [-0.15, -0.1) is 13.2 Å². The zero-order valence-electron chi connectivity index (χ0n) is 17.7. The molecule has 4 amide bonds. The van der Waals surface area contributed by atoms with Crippen molar-refractivity contribution < 1.29 is 32.7 Å². The van der Waals surface area contributed by atoms with Crippen LogP contribution in [0.3, 0.4) is 0 Å². The van der Waals surface area contributed by atoms with E-state index in [1.807, 2.05) is 0 Å². The summed E-state index contributed by atoms with van der Waals surface area (Å²) in [6, 6.07) is 15.4. The van der Waals surface area contributed by atoms with Crippen molar-refractivity contribution in [2.24, 2.45) is 0 Å². The van der Waals surface area contributed by atoms with Gasteiger partial charge in [0.05, 0.1) is 17.1 Å². The van der Waals surface area contributed by atoms with Gasteiger partial charge in [-0.3, -0.25) is 10.1 Å². The molecule has 11 heteroatoms. The van der Waals surface area contributed by atoms with Crippen LogP contribution < -0.4 is 20.9 Å². The van der Waals surface area contributed by atoms with Gasteiger partial charge in [-0.25, -0.2) is 14.5 Å². The molecule has 0 saturated carbocycles. The maximum atomic E-state index is 13.6. The van der Waals surface area contributed by atoms with Crippen LogP contribution >= 0.6 is 0 Å². The van der Waals surface area contributed by atoms with Crippen LogP contribution in [-0.2, 0) is 0 Å². The number of para-hydroxylation sites is 1. The van der Waals surface area contributed by atoms with Crippen LogP contribution in [0.25, 0.3) is 11.1 Å². The van der Waals surface area contributed by atoms with Crippen LogP contribution in [0.5, 0.6) is 0 Å². The lowest BCUT2D eigenvalue weighted by atomic mass is 10.0. The summed E-state index contributed by atoms with van der Waals surface area (Å²) in [6.45, 7) is 0. The minimum absolute atomic E-state index is 0.154. The SMILES string of the molecule is CNC(=O)c1cccc(-c2ccc(NC(=O)N(c3ccccc3)C(F)(F)F)c(NC(=O)O)c2)c1. The number of amides is 4. The first-order valence-corrected chi connectivity index (χ1v) is 9.79.